The molecule has 0 radical (unpaired) electrons. The van der Waals surface area contributed by atoms with Gasteiger partial charge in [0.05, 0.1) is 16.2 Å². The van der Waals surface area contributed by atoms with Crippen molar-refractivity contribution in [2.24, 2.45) is 4.99 Å². The zero-order chi connectivity index (χ0) is 27.2. The van der Waals surface area contributed by atoms with E-state index in [9.17, 15) is 18.0 Å². The number of amidine groups is 1. The first-order valence-corrected chi connectivity index (χ1v) is 14.6. The van der Waals surface area contributed by atoms with Crippen LogP contribution in [0.3, 0.4) is 0 Å². The van der Waals surface area contributed by atoms with E-state index in [1.165, 1.54) is 29.5 Å². The van der Waals surface area contributed by atoms with Crippen LogP contribution in [0, 0.1) is 0 Å². The standard InChI is InChI=1S/C30H25N3O4S2.Na.H/c34-28(33-39(36,37)26-9-5-2-6-10-26)20-22-13-17-25(18-14-22)31-30-32-29(35)27(38-30)19-21-11-15-24(16-12-21)23-7-3-1-4-8-23;;/h1-15,17-19,24H,16,20H2,(H,33,34)(H,31,32,35);;/b27-19-;;. The fraction of sp³-hybridized carbons (Fsp3) is 0.100. The molecular weight excluding hydrogens is 553 g/mol. The molecule has 5 rings (SSSR count). The molecule has 0 bridgehead atoms. The first-order chi connectivity index (χ1) is 18.9. The van der Waals surface area contributed by atoms with Gasteiger partial charge in [0.25, 0.3) is 15.9 Å². The first kappa shape index (κ1) is 29.8. The summed E-state index contributed by atoms with van der Waals surface area (Å²) in [4.78, 5) is 29.5. The molecule has 40 heavy (non-hydrogen) atoms. The van der Waals surface area contributed by atoms with Gasteiger partial charge in [0, 0.05) is 11.6 Å². The molecule has 0 aromatic heterocycles. The fourth-order valence-electron chi connectivity index (χ4n) is 4.16. The number of benzene rings is 3. The number of sulfonamides is 1. The summed E-state index contributed by atoms with van der Waals surface area (Å²) in [5, 5.41) is 3.59. The molecule has 1 heterocycles. The molecule has 3 aromatic carbocycles. The maximum absolute atomic E-state index is 12.5. The van der Waals surface area contributed by atoms with Crippen LogP contribution in [0.2, 0.25) is 0 Å². The summed E-state index contributed by atoms with van der Waals surface area (Å²) in [5.74, 6) is -0.595. The number of carbonyl (C=O) groups is 2. The van der Waals surface area contributed by atoms with E-state index in [0.29, 0.717) is 27.2 Å². The summed E-state index contributed by atoms with van der Waals surface area (Å²) >= 11 is 1.27. The quantitative estimate of drug-likeness (QED) is 0.311. The van der Waals surface area contributed by atoms with Crippen LogP contribution in [0.4, 0.5) is 5.69 Å². The fourth-order valence-corrected chi connectivity index (χ4v) is 6.00. The molecule has 2 amide bonds. The zero-order valence-electron chi connectivity index (χ0n) is 20.8. The molecule has 0 saturated heterocycles. The molecule has 0 spiro atoms. The van der Waals surface area contributed by atoms with Crippen molar-refractivity contribution in [2.45, 2.75) is 23.7 Å². The van der Waals surface area contributed by atoms with Gasteiger partial charge in [-0.2, -0.15) is 4.99 Å². The molecular formula is C30H26N3NaO4S2. The Balaban J connectivity index is 0.00000370. The number of allylic oxidation sites excluding steroid dienone is 5. The third kappa shape index (κ3) is 7.71. The van der Waals surface area contributed by atoms with E-state index < -0.39 is 15.9 Å². The van der Waals surface area contributed by atoms with Crippen molar-refractivity contribution in [1.29, 1.82) is 0 Å². The number of anilines is 1. The van der Waals surface area contributed by atoms with Crippen molar-refractivity contribution in [1.82, 2.24) is 4.72 Å². The van der Waals surface area contributed by atoms with Crippen LogP contribution < -0.4 is 10.0 Å². The van der Waals surface area contributed by atoms with E-state index in [0.717, 1.165) is 12.0 Å². The first-order valence-electron chi connectivity index (χ1n) is 12.3. The Labute approximate surface area is 259 Å². The van der Waals surface area contributed by atoms with Gasteiger partial charge in [-0.05, 0) is 65.2 Å². The summed E-state index contributed by atoms with van der Waals surface area (Å²) in [7, 11) is -3.92. The molecule has 2 N–H and O–H groups in total. The van der Waals surface area contributed by atoms with Gasteiger partial charge >= 0.3 is 29.6 Å². The second-order valence-corrected chi connectivity index (χ2v) is 11.7. The van der Waals surface area contributed by atoms with Crippen molar-refractivity contribution < 1.29 is 18.0 Å². The van der Waals surface area contributed by atoms with Crippen LogP contribution in [0.1, 0.15) is 23.5 Å². The molecule has 1 aliphatic heterocycles. The number of thioether (sulfide) groups is 1. The third-order valence-corrected chi connectivity index (χ3v) is 8.43. The second-order valence-electron chi connectivity index (χ2n) is 8.99. The van der Waals surface area contributed by atoms with E-state index in [4.69, 9.17) is 0 Å². The van der Waals surface area contributed by atoms with Gasteiger partial charge in [-0.3, -0.25) is 9.59 Å². The van der Waals surface area contributed by atoms with Gasteiger partial charge in [0.2, 0.25) is 5.91 Å². The third-order valence-electron chi connectivity index (χ3n) is 6.15. The van der Waals surface area contributed by atoms with Crippen LogP contribution in [0.5, 0.6) is 0 Å². The van der Waals surface area contributed by atoms with Crippen molar-refractivity contribution >= 4 is 74.0 Å². The van der Waals surface area contributed by atoms with Gasteiger partial charge in [0.15, 0.2) is 5.17 Å². The summed E-state index contributed by atoms with van der Waals surface area (Å²) in [6.07, 6.45) is 8.95. The Morgan fingerprint density at radius 3 is 2.30 bits per heavy atom. The SMILES string of the molecule is O=C(Cc1ccc(NC2=NC(=O)/C(=C/C3=CCC(c4ccccc4)C=C3)S2)cc1)NS(=O)(=O)c1ccccc1.[NaH]. The Hall–Kier alpha value is -3.21. The Morgan fingerprint density at radius 2 is 1.65 bits per heavy atom. The Morgan fingerprint density at radius 1 is 0.975 bits per heavy atom. The average molecular weight is 580 g/mol. The van der Waals surface area contributed by atoms with Gasteiger partial charge in [-0.1, -0.05) is 78.9 Å². The maximum atomic E-state index is 12.5. The summed E-state index contributed by atoms with van der Waals surface area (Å²) in [6, 6.07) is 25.0. The van der Waals surface area contributed by atoms with E-state index >= 15 is 0 Å². The number of nitrogens with zero attached hydrogens (tertiary/aromatic N) is 1. The van der Waals surface area contributed by atoms with Gasteiger partial charge in [-0.15, -0.1) is 0 Å². The average Bonchev–Trinajstić information content (AvgIpc) is 3.29. The topological polar surface area (TPSA) is 105 Å². The number of rotatable bonds is 7. The molecule has 2 aliphatic rings. The number of hydrogen-bond acceptors (Lipinski definition) is 6. The number of aliphatic imine (C=N–C) groups is 1. The summed E-state index contributed by atoms with van der Waals surface area (Å²) < 4.78 is 26.8. The van der Waals surface area contributed by atoms with E-state index in [1.807, 2.05) is 30.4 Å². The molecule has 198 valence electrons. The number of hydrogen-bond donors (Lipinski definition) is 2. The van der Waals surface area contributed by atoms with Crippen LogP contribution in [0.15, 0.2) is 130 Å². The van der Waals surface area contributed by atoms with Crippen molar-refractivity contribution in [2.75, 3.05) is 5.32 Å². The number of nitrogens with one attached hydrogen (secondary N) is 2. The Bertz CT molecular complexity index is 1620. The predicted molar refractivity (Wildman–Crippen MR) is 162 cm³/mol. The molecule has 0 saturated carbocycles. The van der Waals surface area contributed by atoms with Gasteiger partial charge in [-0.25, -0.2) is 13.1 Å². The normalized spacial score (nSPS) is 17.6. The molecule has 1 atom stereocenters. The molecule has 3 aromatic rings. The van der Waals surface area contributed by atoms with E-state index in [1.54, 1.807) is 42.5 Å². The Kier molecular flexibility index (Phi) is 9.99. The molecule has 1 aliphatic carbocycles. The minimum atomic E-state index is -3.92. The minimum absolute atomic E-state index is 0. The number of amides is 2. The van der Waals surface area contributed by atoms with Gasteiger partial charge in [0.1, 0.15) is 0 Å². The zero-order valence-corrected chi connectivity index (χ0v) is 22.4. The monoisotopic (exact) mass is 579 g/mol. The van der Waals surface area contributed by atoms with Crippen molar-refractivity contribution in [3.8, 4) is 0 Å². The van der Waals surface area contributed by atoms with Crippen LogP contribution in [0.25, 0.3) is 0 Å². The summed E-state index contributed by atoms with van der Waals surface area (Å²) in [6.45, 7) is 0. The molecule has 7 nitrogen and oxygen atoms in total. The van der Waals surface area contributed by atoms with E-state index in [2.05, 4.69) is 39.3 Å². The molecule has 10 heteroatoms. The van der Waals surface area contributed by atoms with Gasteiger partial charge < -0.3 is 5.32 Å². The predicted octanol–water partition coefficient (Wildman–Crippen LogP) is 4.68. The van der Waals surface area contributed by atoms with Crippen LogP contribution >= 0.6 is 11.8 Å². The van der Waals surface area contributed by atoms with Crippen molar-refractivity contribution in [3.05, 3.63) is 131 Å². The number of carbonyl (C=O) groups excluding carboxylic acids is 2. The molecule has 1 unspecified atom stereocenters. The van der Waals surface area contributed by atoms with Crippen LogP contribution in [-0.2, 0) is 26.0 Å². The summed E-state index contributed by atoms with van der Waals surface area (Å²) in [5.41, 5.74) is 3.58. The van der Waals surface area contributed by atoms with E-state index in [-0.39, 0.29) is 46.8 Å². The molecule has 0 fully saturated rings. The van der Waals surface area contributed by atoms with Crippen LogP contribution in [-0.4, -0.2) is 55.0 Å². The second kappa shape index (κ2) is 13.4. The van der Waals surface area contributed by atoms with Crippen molar-refractivity contribution in [3.63, 3.8) is 0 Å².